The summed E-state index contributed by atoms with van der Waals surface area (Å²) in [5.41, 5.74) is 5.02. The predicted octanol–water partition coefficient (Wildman–Crippen LogP) is 2.56. The summed E-state index contributed by atoms with van der Waals surface area (Å²) in [6, 6.07) is 2.76. The van der Waals surface area contributed by atoms with E-state index in [1.54, 1.807) is 0 Å². The first-order chi connectivity index (χ1) is 10.4. The van der Waals surface area contributed by atoms with Crippen LogP contribution in [0.15, 0.2) is 18.2 Å². The number of rotatable bonds is 8. The van der Waals surface area contributed by atoms with Gasteiger partial charge in [0.15, 0.2) is 5.78 Å². The average Bonchev–Trinajstić information content (AvgIpc) is 2.50. The van der Waals surface area contributed by atoms with Gasteiger partial charge >= 0.3 is 0 Å². The van der Waals surface area contributed by atoms with Crippen LogP contribution in [0.1, 0.15) is 49.9 Å². The summed E-state index contributed by atoms with van der Waals surface area (Å²) in [5, 5.41) is 2.84. The van der Waals surface area contributed by atoms with E-state index >= 15 is 0 Å². The number of Topliss-reactive ketones (excluding diaryl/α,β-unsaturated/α-hetero) is 1. The van der Waals surface area contributed by atoms with Crippen molar-refractivity contribution in [2.24, 2.45) is 5.73 Å². The summed E-state index contributed by atoms with van der Waals surface area (Å²) >= 11 is 0. The molecule has 0 saturated carbocycles. The van der Waals surface area contributed by atoms with E-state index in [4.69, 9.17) is 5.73 Å². The highest BCUT2D eigenvalue weighted by atomic mass is 19.1. The Kier molecular flexibility index (Phi) is 6.61. The predicted molar refractivity (Wildman–Crippen MR) is 80.4 cm³/mol. The molecule has 1 amide bonds. The lowest BCUT2D eigenvalue weighted by Gasteiger charge is -2.31. The van der Waals surface area contributed by atoms with Gasteiger partial charge in [-0.1, -0.05) is 13.8 Å². The molecular formula is C16H22F2N2O2. The van der Waals surface area contributed by atoms with Gasteiger partial charge in [0, 0.05) is 25.5 Å². The minimum absolute atomic E-state index is 0.0581. The summed E-state index contributed by atoms with van der Waals surface area (Å²) in [4.78, 5) is 23.8. The van der Waals surface area contributed by atoms with Gasteiger partial charge in [0.2, 0.25) is 5.91 Å². The Labute approximate surface area is 129 Å². The number of ketones is 1. The minimum Gasteiger partial charge on any atom is -0.349 e. The lowest BCUT2D eigenvalue weighted by molar-refractivity contribution is -0.123. The van der Waals surface area contributed by atoms with Gasteiger partial charge in [-0.3, -0.25) is 9.59 Å². The lowest BCUT2D eigenvalue weighted by Crippen LogP contribution is -2.52. The van der Waals surface area contributed by atoms with Crippen molar-refractivity contribution in [2.75, 3.05) is 6.54 Å². The van der Waals surface area contributed by atoms with Gasteiger partial charge in [0.05, 0.1) is 11.1 Å². The van der Waals surface area contributed by atoms with E-state index in [0.717, 1.165) is 12.1 Å². The van der Waals surface area contributed by atoms with Crippen LogP contribution in [-0.2, 0) is 4.79 Å². The monoisotopic (exact) mass is 312 g/mol. The number of nitrogens with two attached hydrogens (primary N) is 1. The van der Waals surface area contributed by atoms with E-state index in [9.17, 15) is 18.4 Å². The number of nitrogens with one attached hydrogen (secondary N) is 1. The summed E-state index contributed by atoms with van der Waals surface area (Å²) in [6.07, 6.45) is 1.18. The van der Waals surface area contributed by atoms with Crippen molar-refractivity contribution in [1.82, 2.24) is 5.32 Å². The molecule has 1 aromatic rings. The highest BCUT2D eigenvalue weighted by Crippen LogP contribution is 2.15. The van der Waals surface area contributed by atoms with Crippen LogP contribution in [0.2, 0.25) is 0 Å². The molecule has 0 aliphatic heterocycles. The van der Waals surface area contributed by atoms with Crippen LogP contribution in [0.5, 0.6) is 0 Å². The van der Waals surface area contributed by atoms with Crippen molar-refractivity contribution in [3.05, 3.63) is 35.4 Å². The molecule has 0 bridgehead atoms. The van der Waals surface area contributed by atoms with Crippen LogP contribution >= 0.6 is 0 Å². The van der Waals surface area contributed by atoms with E-state index in [1.807, 2.05) is 13.8 Å². The molecule has 0 aliphatic rings. The Morgan fingerprint density at radius 3 is 2.32 bits per heavy atom. The number of benzene rings is 1. The summed E-state index contributed by atoms with van der Waals surface area (Å²) in [6.45, 7) is 4.16. The van der Waals surface area contributed by atoms with Gasteiger partial charge in [-0.15, -0.1) is 0 Å². The van der Waals surface area contributed by atoms with Crippen molar-refractivity contribution >= 4 is 11.7 Å². The third-order valence-corrected chi connectivity index (χ3v) is 3.96. The molecule has 0 fully saturated rings. The molecule has 0 spiro atoms. The first-order valence-corrected chi connectivity index (χ1v) is 7.36. The zero-order valence-corrected chi connectivity index (χ0v) is 12.9. The molecule has 4 nitrogen and oxygen atoms in total. The smallest absolute Gasteiger partial charge is 0.220 e. The molecule has 0 atom stereocenters. The number of amides is 1. The molecular weight excluding hydrogens is 290 g/mol. The fourth-order valence-electron chi connectivity index (χ4n) is 2.20. The second-order valence-corrected chi connectivity index (χ2v) is 5.29. The molecule has 22 heavy (non-hydrogen) atoms. The Morgan fingerprint density at radius 1 is 1.18 bits per heavy atom. The molecule has 1 aromatic carbocycles. The van der Waals surface area contributed by atoms with E-state index in [-0.39, 0.29) is 24.3 Å². The number of carbonyl (C=O) groups is 2. The maximum Gasteiger partial charge on any atom is 0.220 e. The third kappa shape index (κ3) is 4.59. The fraction of sp³-hybridized carbons (Fsp3) is 0.500. The fourth-order valence-corrected chi connectivity index (χ4v) is 2.20. The van der Waals surface area contributed by atoms with Crippen LogP contribution in [0.3, 0.4) is 0 Å². The zero-order chi connectivity index (χ0) is 16.8. The number of carbonyl (C=O) groups excluding carboxylic acids is 2. The van der Waals surface area contributed by atoms with E-state index < -0.39 is 23.0 Å². The van der Waals surface area contributed by atoms with E-state index in [1.165, 1.54) is 0 Å². The Hall–Kier alpha value is -1.82. The topological polar surface area (TPSA) is 72.2 Å². The standard InChI is InChI=1S/C16H22F2N2O2/c1-3-16(4-2,10-19)20-15(22)8-7-14(21)12-6-5-11(17)9-13(12)18/h5-6,9H,3-4,7-8,10,19H2,1-2H3,(H,20,22). The molecule has 0 saturated heterocycles. The van der Waals surface area contributed by atoms with Gasteiger partial charge in [-0.2, -0.15) is 0 Å². The van der Waals surface area contributed by atoms with Crippen molar-refractivity contribution < 1.29 is 18.4 Å². The van der Waals surface area contributed by atoms with Gasteiger partial charge in [0.1, 0.15) is 11.6 Å². The van der Waals surface area contributed by atoms with Crippen molar-refractivity contribution in [3.8, 4) is 0 Å². The van der Waals surface area contributed by atoms with Gasteiger partial charge in [-0.05, 0) is 25.0 Å². The zero-order valence-electron chi connectivity index (χ0n) is 12.9. The summed E-state index contributed by atoms with van der Waals surface area (Å²) in [7, 11) is 0. The molecule has 0 radical (unpaired) electrons. The van der Waals surface area contributed by atoms with Crippen molar-refractivity contribution in [1.29, 1.82) is 0 Å². The highest BCUT2D eigenvalue weighted by Gasteiger charge is 2.26. The largest absolute Gasteiger partial charge is 0.349 e. The first kappa shape index (κ1) is 18.2. The van der Waals surface area contributed by atoms with Crippen LogP contribution in [0.25, 0.3) is 0 Å². The maximum atomic E-state index is 13.5. The minimum atomic E-state index is -0.913. The first-order valence-electron chi connectivity index (χ1n) is 7.36. The van der Waals surface area contributed by atoms with Crippen LogP contribution in [0, 0.1) is 11.6 Å². The number of halogens is 2. The second kappa shape index (κ2) is 7.98. The Morgan fingerprint density at radius 2 is 1.82 bits per heavy atom. The molecule has 3 N–H and O–H groups in total. The van der Waals surface area contributed by atoms with Gasteiger partial charge < -0.3 is 11.1 Å². The molecule has 0 aliphatic carbocycles. The molecule has 6 heteroatoms. The molecule has 1 rings (SSSR count). The summed E-state index contributed by atoms with van der Waals surface area (Å²) < 4.78 is 26.3. The van der Waals surface area contributed by atoms with E-state index in [2.05, 4.69) is 5.32 Å². The second-order valence-electron chi connectivity index (χ2n) is 5.29. The molecule has 122 valence electrons. The Bertz CT molecular complexity index is 535. The maximum absolute atomic E-state index is 13.5. The lowest BCUT2D eigenvalue weighted by atomic mass is 9.92. The summed E-state index contributed by atoms with van der Waals surface area (Å²) in [5.74, 6) is -2.49. The average molecular weight is 312 g/mol. The highest BCUT2D eigenvalue weighted by molar-refractivity contribution is 5.98. The van der Waals surface area contributed by atoms with Gasteiger partial charge in [-0.25, -0.2) is 8.78 Å². The quantitative estimate of drug-likeness (QED) is 0.725. The van der Waals surface area contributed by atoms with Crippen LogP contribution < -0.4 is 11.1 Å². The van der Waals surface area contributed by atoms with Crippen LogP contribution in [0.4, 0.5) is 8.78 Å². The van der Waals surface area contributed by atoms with E-state index in [0.29, 0.717) is 25.5 Å². The number of hydrogen-bond donors (Lipinski definition) is 2. The van der Waals surface area contributed by atoms with Crippen molar-refractivity contribution in [2.45, 2.75) is 45.1 Å². The SMILES string of the molecule is CCC(CC)(CN)NC(=O)CCC(=O)c1ccc(F)cc1F. The number of hydrogen-bond acceptors (Lipinski definition) is 3. The van der Waals surface area contributed by atoms with Crippen molar-refractivity contribution in [3.63, 3.8) is 0 Å². The van der Waals surface area contributed by atoms with Gasteiger partial charge in [0.25, 0.3) is 0 Å². The van der Waals surface area contributed by atoms with Crippen LogP contribution in [-0.4, -0.2) is 23.8 Å². The normalized spacial score (nSPS) is 11.3. The molecule has 0 unspecified atom stereocenters. The molecule has 0 heterocycles. The molecule has 0 aromatic heterocycles. The Balaban J connectivity index is 2.62. The third-order valence-electron chi connectivity index (χ3n) is 3.96.